The lowest BCUT2D eigenvalue weighted by atomic mass is 10.1. The van der Waals surface area contributed by atoms with Gasteiger partial charge in [0.05, 0.1) is 6.10 Å². The van der Waals surface area contributed by atoms with E-state index in [2.05, 4.69) is 4.90 Å². The van der Waals surface area contributed by atoms with E-state index >= 15 is 0 Å². The van der Waals surface area contributed by atoms with E-state index in [4.69, 9.17) is 4.74 Å². The molecule has 0 aromatic heterocycles. The van der Waals surface area contributed by atoms with E-state index < -0.39 is 6.10 Å². The summed E-state index contributed by atoms with van der Waals surface area (Å²) in [6, 6.07) is 4.29. The second kappa shape index (κ2) is 6.87. The summed E-state index contributed by atoms with van der Waals surface area (Å²) in [7, 11) is 0. The second-order valence-corrected chi connectivity index (χ2v) is 5.11. The summed E-state index contributed by atoms with van der Waals surface area (Å²) in [6.45, 7) is 5.35. The van der Waals surface area contributed by atoms with E-state index in [9.17, 15) is 9.50 Å². The fourth-order valence-electron chi connectivity index (χ4n) is 2.44. The van der Waals surface area contributed by atoms with Crippen LogP contribution in [0.25, 0.3) is 0 Å². The second-order valence-electron chi connectivity index (χ2n) is 5.11. The molecule has 1 aliphatic rings. The SMILES string of the molecule is C[C@@H](O)c1cc(F)ccc1OCCN1CCCCC1. The highest BCUT2D eigenvalue weighted by Crippen LogP contribution is 2.26. The number of hydrogen-bond acceptors (Lipinski definition) is 3. The van der Waals surface area contributed by atoms with Gasteiger partial charge >= 0.3 is 0 Å². The summed E-state index contributed by atoms with van der Waals surface area (Å²) < 4.78 is 18.8. The Kier molecular flexibility index (Phi) is 5.16. The number of nitrogens with zero attached hydrogens (tertiary/aromatic N) is 1. The molecule has 0 bridgehead atoms. The van der Waals surface area contributed by atoms with Gasteiger partial charge in [-0.05, 0) is 51.1 Å². The summed E-state index contributed by atoms with van der Waals surface area (Å²) in [5, 5.41) is 9.62. The summed E-state index contributed by atoms with van der Waals surface area (Å²) in [5.41, 5.74) is 0.513. The van der Waals surface area contributed by atoms with Crippen molar-refractivity contribution < 1.29 is 14.2 Å². The molecule has 2 rings (SSSR count). The van der Waals surface area contributed by atoms with Crippen LogP contribution in [-0.4, -0.2) is 36.2 Å². The lowest BCUT2D eigenvalue weighted by molar-refractivity contribution is 0.171. The van der Waals surface area contributed by atoms with E-state index in [0.29, 0.717) is 17.9 Å². The number of benzene rings is 1. The van der Waals surface area contributed by atoms with Crippen LogP contribution in [0.2, 0.25) is 0 Å². The van der Waals surface area contributed by atoms with E-state index in [1.165, 1.54) is 31.4 Å². The molecule has 0 spiro atoms. The molecule has 1 aromatic carbocycles. The zero-order valence-corrected chi connectivity index (χ0v) is 11.4. The minimum Gasteiger partial charge on any atom is -0.492 e. The van der Waals surface area contributed by atoms with E-state index in [1.54, 1.807) is 13.0 Å². The average Bonchev–Trinajstić information content (AvgIpc) is 2.41. The number of aliphatic hydroxyl groups excluding tert-OH is 1. The highest BCUT2D eigenvalue weighted by Gasteiger charge is 2.12. The van der Waals surface area contributed by atoms with Gasteiger partial charge in [-0.1, -0.05) is 6.42 Å². The van der Waals surface area contributed by atoms with Crippen molar-refractivity contribution in [2.45, 2.75) is 32.3 Å². The zero-order valence-electron chi connectivity index (χ0n) is 11.4. The maximum Gasteiger partial charge on any atom is 0.125 e. The van der Waals surface area contributed by atoms with Crippen molar-refractivity contribution in [2.24, 2.45) is 0 Å². The number of hydrogen-bond donors (Lipinski definition) is 1. The lowest BCUT2D eigenvalue weighted by Crippen LogP contribution is -2.33. The van der Waals surface area contributed by atoms with Crippen molar-refractivity contribution in [3.05, 3.63) is 29.6 Å². The van der Waals surface area contributed by atoms with Gasteiger partial charge in [0.15, 0.2) is 0 Å². The maximum atomic E-state index is 13.1. The van der Waals surface area contributed by atoms with Gasteiger partial charge in [-0.15, -0.1) is 0 Å². The number of likely N-dealkylation sites (tertiary alicyclic amines) is 1. The first-order valence-corrected chi connectivity index (χ1v) is 6.99. The molecule has 1 N–H and O–H groups in total. The number of halogens is 1. The van der Waals surface area contributed by atoms with Gasteiger partial charge in [0.1, 0.15) is 18.2 Å². The third kappa shape index (κ3) is 4.18. The lowest BCUT2D eigenvalue weighted by Gasteiger charge is -2.26. The molecule has 0 unspecified atom stereocenters. The molecule has 3 nitrogen and oxygen atoms in total. The van der Waals surface area contributed by atoms with Crippen LogP contribution in [0.1, 0.15) is 37.9 Å². The Balaban J connectivity index is 1.88. The molecule has 1 atom stereocenters. The predicted molar refractivity (Wildman–Crippen MR) is 72.8 cm³/mol. The highest BCUT2D eigenvalue weighted by atomic mass is 19.1. The van der Waals surface area contributed by atoms with Crippen LogP contribution in [0.4, 0.5) is 4.39 Å². The molecular weight excluding hydrogens is 245 g/mol. The normalized spacial score (nSPS) is 18.3. The molecule has 1 fully saturated rings. The largest absolute Gasteiger partial charge is 0.492 e. The van der Waals surface area contributed by atoms with Gasteiger partial charge in [-0.3, -0.25) is 4.90 Å². The Bertz CT molecular complexity index is 403. The zero-order chi connectivity index (χ0) is 13.7. The molecule has 106 valence electrons. The van der Waals surface area contributed by atoms with Gasteiger partial charge < -0.3 is 9.84 Å². The van der Waals surface area contributed by atoms with Gasteiger partial charge in [0.25, 0.3) is 0 Å². The van der Waals surface area contributed by atoms with Crippen molar-refractivity contribution in [1.29, 1.82) is 0 Å². The van der Waals surface area contributed by atoms with Crippen LogP contribution in [-0.2, 0) is 0 Å². The molecule has 0 amide bonds. The van der Waals surface area contributed by atoms with Crippen LogP contribution in [0.15, 0.2) is 18.2 Å². The molecule has 19 heavy (non-hydrogen) atoms. The van der Waals surface area contributed by atoms with E-state index in [1.807, 2.05) is 0 Å². The molecule has 4 heteroatoms. The van der Waals surface area contributed by atoms with Gasteiger partial charge in [-0.25, -0.2) is 4.39 Å². The number of aliphatic hydroxyl groups is 1. The standard InChI is InChI=1S/C15H22FNO2/c1-12(18)14-11-13(16)5-6-15(14)19-10-9-17-7-3-2-4-8-17/h5-6,11-12,18H,2-4,7-10H2,1H3/t12-/m1/s1. The highest BCUT2D eigenvalue weighted by molar-refractivity contribution is 5.35. The molecular formula is C15H22FNO2. The van der Waals surface area contributed by atoms with E-state index in [-0.39, 0.29) is 5.82 Å². The first-order valence-electron chi connectivity index (χ1n) is 6.99. The van der Waals surface area contributed by atoms with Crippen LogP contribution in [0.3, 0.4) is 0 Å². The number of rotatable bonds is 5. The van der Waals surface area contributed by atoms with Crippen molar-refractivity contribution in [1.82, 2.24) is 4.90 Å². The van der Waals surface area contributed by atoms with Crippen molar-refractivity contribution >= 4 is 0 Å². The minimum atomic E-state index is -0.722. The number of piperidine rings is 1. The topological polar surface area (TPSA) is 32.7 Å². The molecule has 1 saturated heterocycles. The molecule has 0 radical (unpaired) electrons. The van der Waals surface area contributed by atoms with Crippen molar-refractivity contribution in [2.75, 3.05) is 26.2 Å². The first-order chi connectivity index (χ1) is 9.16. The first kappa shape index (κ1) is 14.3. The van der Waals surface area contributed by atoms with Gasteiger partial charge in [0.2, 0.25) is 0 Å². The van der Waals surface area contributed by atoms with Crippen molar-refractivity contribution in [3.63, 3.8) is 0 Å². The summed E-state index contributed by atoms with van der Waals surface area (Å²) in [6.07, 6.45) is 3.12. The fraction of sp³-hybridized carbons (Fsp3) is 0.600. The van der Waals surface area contributed by atoms with Crippen molar-refractivity contribution in [3.8, 4) is 5.75 Å². The Hall–Kier alpha value is -1.13. The average molecular weight is 267 g/mol. The van der Waals surface area contributed by atoms with Crippen LogP contribution in [0.5, 0.6) is 5.75 Å². The smallest absolute Gasteiger partial charge is 0.125 e. The van der Waals surface area contributed by atoms with E-state index in [0.717, 1.165) is 19.6 Å². The molecule has 0 aliphatic carbocycles. The van der Waals surface area contributed by atoms with Gasteiger partial charge in [-0.2, -0.15) is 0 Å². The minimum absolute atomic E-state index is 0.348. The fourth-order valence-corrected chi connectivity index (χ4v) is 2.44. The molecule has 1 heterocycles. The molecule has 1 aliphatic heterocycles. The Morgan fingerprint density at radius 3 is 2.74 bits per heavy atom. The third-order valence-electron chi connectivity index (χ3n) is 3.54. The van der Waals surface area contributed by atoms with Gasteiger partial charge in [0, 0.05) is 12.1 Å². The number of ether oxygens (including phenoxy) is 1. The van der Waals surface area contributed by atoms with Crippen LogP contribution >= 0.6 is 0 Å². The Morgan fingerprint density at radius 1 is 1.32 bits per heavy atom. The monoisotopic (exact) mass is 267 g/mol. The summed E-state index contributed by atoms with van der Waals surface area (Å²) in [4.78, 5) is 2.38. The maximum absolute atomic E-state index is 13.1. The predicted octanol–water partition coefficient (Wildman–Crippen LogP) is 2.74. The third-order valence-corrected chi connectivity index (χ3v) is 3.54. The Morgan fingerprint density at radius 2 is 2.05 bits per heavy atom. The summed E-state index contributed by atoms with van der Waals surface area (Å²) in [5.74, 6) is 0.229. The summed E-state index contributed by atoms with van der Waals surface area (Å²) >= 11 is 0. The Labute approximate surface area is 114 Å². The van der Waals surface area contributed by atoms with Crippen LogP contribution < -0.4 is 4.74 Å². The molecule has 0 saturated carbocycles. The molecule has 1 aromatic rings. The quantitative estimate of drug-likeness (QED) is 0.890. The van der Waals surface area contributed by atoms with Crippen LogP contribution in [0, 0.1) is 5.82 Å².